The van der Waals surface area contributed by atoms with E-state index in [9.17, 15) is 9.59 Å². The number of ether oxygens (including phenoxy) is 1. The Balaban J connectivity index is 1.52. The Morgan fingerprint density at radius 1 is 1.14 bits per heavy atom. The van der Waals surface area contributed by atoms with Crippen molar-refractivity contribution in [3.05, 3.63) is 52.9 Å². The maximum absolute atomic E-state index is 12.1. The molecule has 6 nitrogen and oxygen atoms in total. The first-order valence-electron chi connectivity index (χ1n) is 9.00. The summed E-state index contributed by atoms with van der Waals surface area (Å²) in [6.07, 6.45) is 0.914. The second kappa shape index (κ2) is 9.66. The molecule has 2 heterocycles. The molecule has 28 heavy (non-hydrogen) atoms. The number of aryl methyl sites for hydroxylation is 1. The van der Waals surface area contributed by atoms with E-state index in [-0.39, 0.29) is 18.1 Å². The van der Waals surface area contributed by atoms with Gasteiger partial charge in [0.05, 0.1) is 10.6 Å². The normalized spacial score (nSPS) is 10.8. The highest BCUT2D eigenvalue weighted by molar-refractivity contribution is 7.99. The van der Waals surface area contributed by atoms with Crippen LogP contribution in [0.15, 0.2) is 46.9 Å². The Kier molecular flexibility index (Phi) is 7.00. The smallest absolute Gasteiger partial charge is 0.316 e. The van der Waals surface area contributed by atoms with Crippen LogP contribution in [0.1, 0.15) is 29.8 Å². The summed E-state index contributed by atoms with van der Waals surface area (Å²) in [7, 11) is 0. The highest BCUT2D eigenvalue weighted by atomic mass is 32.2. The van der Waals surface area contributed by atoms with Gasteiger partial charge in [0.25, 0.3) is 0 Å². The highest BCUT2D eigenvalue weighted by Gasteiger charge is 2.16. The lowest BCUT2D eigenvalue weighted by Gasteiger charge is -2.07. The largest absolute Gasteiger partial charge is 0.457 e. The summed E-state index contributed by atoms with van der Waals surface area (Å²) in [5.74, 6) is 0.202. The lowest BCUT2D eigenvalue weighted by Crippen LogP contribution is -2.16. The Bertz CT molecular complexity index is 934. The van der Waals surface area contributed by atoms with E-state index in [1.54, 1.807) is 23.5 Å². The number of aromatic nitrogens is 3. The van der Waals surface area contributed by atoms with Crippen LogP contribution >= 0.6 is 23.1 Å². The van der Waals surface area contributed by atoms with Crippen LogP contribution in [-0.2, 0) is 22.5 Å². The third-order valence-corrected chi connectivity index (χ3v) is 5.95. The van der Waals surface area contributed by atoms with Crippen LogP contribution in [0.25, 0.3) is 10.7 Å². The van der Waals surface area contributed by atoms with Gasteiger partial charge in [0.1, 0.15) is 0 Å². The fourth-order valence-electron chi connectivity index (χ4n) is 2.59. The first-order valence-corrected chi connectivity index (χ1v) is 10.9. The van der Waals surface area contributed by atoms with Crippen LogP contribution < -0.4 is 0 Å². The van der Waals surface area contributed by atoms with E-state index in [4.69, 9.17) is 4.74 Å². The van der Waals surface area contributed by atoms with Crippen LogP contribution in [0, 0.1) is 0 Å². The number of thioether (sulfide) groups is 1. The van der Waals surface area contributed by atoms with Gasteiger partial charge in [-0.1, -0.05) is 49.0 Å². The van der Waals surface area contributed by atoms with Crippen molar-refractivity contribution in [1.29, 1.82) is 0 Å². The molecule has 0 radical (unpaired) electrons. The summed E-state index contributed by atoms with van der Waals surface area (Å²) < 4.78 is 7.09. The predicted molar refractivity (Wildman–Crippen MR) is 111 cm³/mol. The average molecular weight is 416 g/mol. The number of hydrogen-bond acceptors (Lipinski definition) is 7. The van der Waals surface area contributed by atoms with Gasteiger partial charge < -0.3 is 9.30 Å². The van der Waals surface area contributed by atoms with Crippen molar-refractivity contribution in [2.45, 2.75) is 32.0 Å². The van der Waals surface area contributed by atoms with Crippen molar-refractivity contribution < 1.29 is 14.3 Å². The molecule has 0 spiro atoms. The van der Waals surface area contributed by atoms with Crippen molar-refractivity contribution in [2.24, 2.45) is 0 Å². The number of carbonyl (C=O) groups excluding carboxylic acids is 2. The quantitative estimate of drug-likeness (QED) is 0.297. The standard InChI is InChI=1S/C20H21N3O3S2/c1-3-14-7-9-15(10-8-14)16(24)12-26-18(25)13-28-20-22-21-19(23(20)4-2)17-6-5-11-27-17/h5-11H,3-4,12-13H2,1-2H3. The number of hydrogen-bond donors (Lipinski definition) is 0. The van der Waals surface area contributed by atoms with Crippen LogP contribution in [0.2, 0.25) is 0 Å². The van der Waals surface area contributed by atoms with Crippen LogP contribution in [0.4, 0.5) is 0 Å². The van der Waals surface area contributed by atoms with E-state index in [0.717, 1.165) is 22.7 Å². The highest BCUT2D eigenvalue weighted by Crippen LogP contribution is 2.27. The average Bonchev–Trinajstić information content (AvgIpc) is 3.39. The number of carbonyl (C=O) groups is 2. The van der Waals surface area contributed by atoms with Crippen molar-refractivity contribution in [3.63, 3.8) is 0 Å². The Labute approximate surface area is 171 Å². The van der Waals surface area contributed by atoms with Gasteiger partial charge in [-0.05, 0) is 30.4 Å². The second-order valence-corrected chi connectivity index (χ2v) is 7.84. The maximum Gasteiger partial charge on any atom is 0.316 e. The molecule has 146 valence electrons. The monoisotopic (exact) mass is 415 g/mol. The maximum atomic E-state index is 12.1. The summed E-state index contributed by atoms with van der Waals surface area (Å²) in [5, 5.41) is 11.1. The van der Waals surface area contributed by atoms with Crippen LogP contribution in [0.3, 0.4) is 0 Å². The first-order chi connectivity index (χ1) is 13.6. The number of thiophene rings is 1. The predicted octanol–water partition coefficient (Wildman–Crippen LogP) is 4.11. The minimum atomic E-state index is -0.452. The van der Waals surface area contributed by atoms with Crippen molar-refractivity contribution in [2.75, 3.05) is 12.4 Å². The molecule has 8 heteroatoms. The third-order valence-electron chi connectivity index (χ3n) is 4.14. The zero-order valence-electron chi connectivity index (χ0n) is 15.8. The number of ketones is 1. The van der Waals surface area contributed by atoms with E-state index in [1.165, 1.54) is 11.8 Å². The van der Waals surface area contributed by atoms with Gasteiger partial charge in [-0.25, -0.2) is 0 Å². The molecule has 1 aromatic carbocycles. The van der Waals surface area contributed by atoms with Gasteiger partial charge in [0.2, 0.25) is 0 Å². The van der Waals surface area contributed by atoms with Crippen LogP contribution in [0.5, 0.6) is 0 Å². The van der Waals surface area contributed by atoms with Crippen LogP contribution in [-0.4, -0.2) is 38.9 Å². The van der Waals surface area contributed by atoms with E-state index in [0.29, 0.717) is 17.3 Å². The minimum Gasteiger partial charge on any atom is -0.457 e. The molecule has 0 fully saturated rings. The van der Waals surface area contributed by atoms with Gasteiger partial charge in [0, 0.05) is 12.1 Å². The molecule has 3 rings (SSSR count). The summed E-state index contributed by atoms with van der Waals surface area (Å²) in [4.78, 5) is 25.2. The summed E-state index contributed by atoms with van der Waals surface area (Å²) in [5.41, 5.74) is 1.70. The molecule has 0 amide bonds. The van der Waals surface area contributed by atoms with E-state index in [2.05, 4.69) is 17.1 Å². The van der Waals surface area contributed by atoms with Gasteiger partial charge in [0.15, 0.2) is 23.4 Å². The molecule has 0 aliphatic heterocycles. The topological polar surface area (TPSA) is 74.1 Å². The minimum absolute atomic E-state index is 0.0740. The van der Waals surface area contributed by atoms with Crippen molar-refractivity contribution >= 4 is 34.9 Å². The Hall–Kier alpha value is -2.45. The summed E-state index contributed by atoms with van der Waals surface area (Å²) >= 11 is 2.85. The number of rotatable bonds is 9. The molecule has 0 aliphatic rings. The van der Waals surface area contributed by atoms with Gasteiger partial charge in [-0.3, -0.25) is 9.59 Å². The number of Topliss-reactive ketones (excluding diaryl/α,β-unsaturated/α-hetero) is 1. The van der Waals surface area contributed by atoms with E-state index in [1.807, 2.05) is 41.1 Å². The lowest BCUT2D eigenvalue weighted by molar-refractivity contribution is -0.139. The first kappa shape index (κ1) is 20.3. The fourth-order valence-corrected chi connectivity index (χ4v) is 4.11. The number of benzene rings is 1. The molecule has 0 saturated heterocycles. The number of nitrogens with zero attached hydrogens (tertiary/aromatic N) is 3. The fraction of sp³-hybridized carbons (Fsp3) is 0.300. The van der Waals surface area contributed by atoms with Crippen molar-refractivity contribution in [1.82, 2.24) is 14.8 Å². The molecule has 3 aromatic rings. The molecular weight excluding hydrogens is 394 g/mol. The molecular formula is C20H21N3O3S2. The summed E-state index contributed by atoms with van der Waals surface area (Å²) in [6, 6.07) is 11.3. The van der Waals surface area contributed by atoms with E-state index < -0.39 is 5.97 Å². The molecule has 2 aromatic heterocycles. The third kappa shape index (κ3) is 4.88. The molecule has 0 aliphatic carbocycles. The number of esters is 1. The SMILES string of the molecule is CCc1ccc(C(=O)COC(=O)CSc2nnc(-c3cccs3)n2CC)cc1. The molecule has 0 saturated carbocycles. The molecule has 0 atom stereocenters. The Morgan fingerprint density at radius 3 is 2.57 bits per heavy atom. The van der Waals surface area contributed by atoms with Gasteiger partial charge in [-0.15, -0.1) is 21.5 Å². The van der Waals surface area contributed by atoms with Crippen molar-refractivity contribution in [3.8, 4) is 10.7 Å². The molecule has 0 bridgehead atoms. The zero-order chi connectivity index (χ0) is 19.9. The van der Waals surface area contributed by atoms with Gasteiger partial charge in [-0.2, -0.15) is 0 Å². The summed E-state index contributed by atoms with van der Waals surface area (Å²) in [6.45, 7) is 4.50. The van der Waals surface area contributed by atoms with E-state index >= 15 is 0 Å². The Morgan fingerprint density at radius 2 is 1.93 bits per heavy atom. The zero-order valence-corrected chi connectivity index (χ0v) is 17.4. The second-order valence-electron chi connectivity index (χ2n) is 5.95. The van der Waals surface area contributed by atoms with Gasteiger partial charge >= 0.3 is 5.97 Å². The molecule has 0 unspecified atom stereocenters. The lowest BCUT2D eigenvalue weighted by atomic mass is 10.1. The molecule has 0 N–H and O–H groups in total.